The van der Waals surface area contributed by atoms with E-state index in [0.29, 0.717) is 37.2 Å². The fraction of sp³-hybridized carbons (Fsp3) is 0.333. The van der Waals surface area contributed by atoms with Crippen LogP contribution in [-0.4, -0.2) is 51.3 Å². The van der Waals surface area contributed by atoms with E-state index < -0.39 is 17.6 Å². The van der Waals surface area contributed by atoms with Crippen molar-refractivity contribution in [2.45, 2.75) is 12.3 Å². The van der Waals surface area contributed by atoms with Gasteiger partial charge in [0.2, 0.25) is 0 Å². The Kier molecular flexibility index (Phi) is 9.42. The van der Waals surface area contributed by atoms with Crippen LogP contribution in [0.15, 0.2) is 53.5 Å². The lowest BCUT2D eigenvalue weighted by Crippen LogP contribution is -2.46. The summed E-state index contributed by atoms with van der Waals surface area (Å²) >= 11 is 0. The predicted molar refractivity (Wildman–Crippen MR) is 125 cm³/mol. The molecule has 0 aromatic heterocycles. The number of nitrogens with zero attached hydrogens (tertiary/aromatic N) is 1. The highest BCUT2D eigenvalue weighted by molar-refractivity contribution is 14.0. The molecule has 3 N–H and O–H groups in total. The molecule has 1 heterocycles. The molecule has 0 spiro atoms. The van der Waals surface area contributed by atoms with Gasteiger partial charge in [0.25, 0.3) is 5.91 Å². The summed E-state index contributed by atoms with van der Waals surface area (Å²) in [4.78, 5) is 16.2. The van der Waals surface area contributed by atoms with Gasteiger partial charge in [0.05, 0.1) is 12.1 Å². The van der Waals surface area contributed by atoms with E-state index in [1.807, 2.05) is 24.3 Å². The van der Waals surface area contributed by atoms with Crippen LogP contribution in [0.5, 0.6) is 11.5 Å². The summed E-state index contributed by atoms with van der Waals surface area (Å²) < 4.78 is 49.3. The van der Waals surface area contributed by atoms with Gasteiger partial charge < -0.3 is 25.4 Å². The Morgan fingerprint density at radius 2 is 1.69 bits per heavy atom. The Hall–Kier alpha value is -2.70. The van der Waals surface area contributed by atoms with E-state index >= 15 is 0 Å². The molecule has 0 saturated carbocycles. The zero-order chi connectivity index (χ0) is 22.3. The number of halogens is 4. The Morgan fingerprint density at radius 3 is 2.34 bits per heavy atom. The highest BCUT2D eigenvalue weighted by Gasteiger charge is 2.30. The minimum Gasteiger partial charge on any atom is -0.486 e. The maximum atomic E-state index is 12.6. The predicted octanol–water partition coefficient (Wildman–Crippen LogP) is 3.06. The number of alkyl halides is 3. The number of rotatable bonds is 6. The van der Waals surface area contributed by atoms with Crippen molar-refractivity contribution < 1.29 is 27.4 Å². The number of benzene rings is 2. The molecule has 2 aromatic carbocycles. The van der Waals surface area contributed by atoms with Crippen molar-refractivity contribution in [1.82, 2.24) is 16.0 Å². The molecule has 0 aliphatic carbocycles. The SMILES string of the molecule is CN=C(NCCNC(=O)c1ccc(C(F)(F)F)cc1)NCC1COc2ccccc2O1.I. The number of amides is 1. The summed E-state index contributed by atoms with van der Waals surface area (Å²) in [6.45, 7) is 1.50. The first-order chi connectivity index (χ1) is 14.9. The van der Waals surface area contributed by atoms with Gasteiger partial charge in [-0.3, -0.25) is 9.79 Å². The molecule has 32 heavy (non-hydrogen) atoms. The number of guanidine groups is 1. The van der Waals surface area contributed by atoms with Crippen molar-refractivity contribution in [1.29, 1.82) is 0 Å². The first kappa shape index (κ1) is 25.6. The molecule has 3 rings (SSSR count). The van der Waals surface area contributed by atoms with Crippen LogP contribution in [0.1, 0.15) is 15.9 Å². The first-order valence-corrected chi connectivity index (χ1v) is 9.65. The molecule has 1 aliphatic rings. The van der Waals surface area contributed by atoms with E-state index in [-0.39, 0.29) is 42.2 Å². The summed E-state index contributed by atoms with van der Waals surface area (Å²) in [5, 5.41) is 8.81. The van der Waals surface area contributed by atoms with Crippen LogP contribution >= 0.6 is 24.0 Å². The Bertz CT molecular complexity index is 923. The Morgan fingerprint density at radius 1 is 1.03 bits per heavy atom. The molecule has 0 bridgehead atoms. The molecule has 1 atom stereocenters. The van der Waals surface area contributed by atoms with Gasteiger partial charge >= 0.3 is 6.18 Å². The summed E-state index contributed by atoms with van der Waals surface area (Å²) in [6, 6.07) is 11.5. The second-order valence-electron chi connectivity index (χ2n) is 6.71. The molecule has 0 radical (unpaired) electrons. The molecule has 11 heteroatoms. The lowest BCUT2D eigenvalue weighted by Gasteiger charge is -2.27. The zero-order valence-electron chi connectivity index (χ0n) is 17.2. The number of para-hydroxylation sites is 2. The number of fused-ring (bicyclic) bond motifs is 1. The Balaban J connectivity index is 0.00000363. The second-order valence-corrected chi connectivity index (χ2v) is 6.71. The highest BCUT2D eigenvalue weighted by Crippen LogP contribution is 2.30. The van der Waals surface area contributed by atoms with Crippen LogP contribution in [0.4, 0.5) is 13.2 Å². The van der Waals surface area contributed by atoms with Crippen molar-refractivity contribution >= 4 is 35.8 Å². The van der Waals surface area contributed by atoms with Crippen LogP contribution in [0.3, 0.4) is 0 Å². The van der Waals surface area contributed by atoms with Crippen molar-refractivity contribution in [3.05, 3.63) is 59.7 Å². The monoisotopic (exact) mass is 564 g/mol. The molecule has 7 nitrogen and oxygen atoms in total. The van der Waals surface area contributed by atoms with Crippen molar-refractivity contribution in [3.63, 3.8) is 0 Å². The first-order valence-electron chi connectivity index (χ1n) is 9.65. The molecule has 174 valence electrons. The van der Waals surface area contributed by atoms with Crippen LogP contribution in [0.2, 0.25) is 0 Å². The molecule has 1 aliphatic heterocycles. The topological polar surface area (TPSA) is 84.0 Å². The van der Waals surface area contributed by atoms with Gasteiger partial charge in [-0.25, -0.2) is 0 Å². The number of hydrogen-bond donors (Lipinski definition) is 3. The van der Waals surface area contributed by atoms with Gasteiger partial charge in [0.15, 0.2) is 17.5 Å². The maximum Gasteiger partial charge on any atom is 0.416 e. The Labute approximate surface area is 200 Å². The molecule has 1 unspecified atom stereocenters. The van der Waals surface area contributed by atoms with Crippen LogP contribution in [0, 0.1) is 0 Å². The minimum absolute atomic E-state index is 0. The van der Waals surface area contributed by atoms with Gasteiger partial charge in [-0.1, -0.05) is 12.1 Å². The summed E-state index contributed by atoms with van der Waals surface area (Å²) in [5.41, 5.74) is -0.637. The number of carbonyl (C=O) groups excluding carboxylic acids is 1. The molecule has 0 fully saturated rings. The molecule has 0 saturated heterocycles. The average Bonchev–Trinajstić information content (AvgIpc) is 2.77. The minimum atomic E-state index is -4.43. The fourth-order valence-corrected chi connectivity index (χ4v) is 2.86. The summed E-state index contributed by atoms with van der Waals surface area (Å²) in [7, 11) is 1.61. The number of hydrogen-bond acceptors (Lipinski definition) is 4. The molecule has 1 amide bonds. The van der Waals surface area contributed by atoms with Crippen molar-refractivity contribution in [3.8, 4) is 11.5 Å². The van der Waals surface area contributed by atoms with E-state index in [1.165, 1.54) is 0 Å². The number of aliphatic imine (C=N–C) groups is 1. The van der Waals surface area contributed by atoms with Crippen molar-refractivity contribution in [2.24, 2.45) is 4.99 Å². The third-order valence-corrected chi connectivity index (χ3v) is 4.47. The number of ether oxygens (including phenoxy) is 2. The van der Waals surface area contributed by atoms with Crippen LogP contribution < -0.4 is 25.4 Å². The third-order valence-electron chi connectivity index (χ3n) is 4.47. The third kappa shape index (κ3) is 7.18. The standard InChI is InChI=1S/C21H23F3N4O3.HI/c1-25-20(28-12-16-13-30-17-4-2-3-5-18(17)31-16)27-11-10-26-19(29)14-6-8-15(9-7-14)21(22,23)24;/h2-9,16H,10-13H2,1H3,(H,26,29)(H2,25,27,28);1H. The molecular formula is C21H24F3IN4O3. The summed E-state index contributed by atoms with van der Waals surface area (Å²) in [5.74, 6) is 1.47. The van der Waals surface area contributed by atoms with Crippen molar-refractivity contribution in [2.75, 3.05) is 33.3 Å². The summed E-state index contributed by atoms with van der Waals surface area (Å²) in [6.07, 6.45) is -4.62. The molecule has 2 aromatic rings. The smallest absolute Gasteiger partial charge is 0.416 e. The highest BCUT2D eigenvalue weighted by atomic mass is 127. The van der Waals surface area contributed by atoms with E-state index in [9.17, 15) is 18.0 Å². The molecular weight excluding hydrogens is 540 g/mol. The van der Waals surface area contributed by atoms with Gasteiger partial charge in [0, 0.05) is 25.7 Å². The lowest BCUT2D eigenvalue weighted by molar-refractivity contribution is -0.137. The van der Waals surface area contributed by atoms with E-state index in [2.05, 4.69) is 20.9 Å². The van der Waals surface area contributed by atoms with Gasteiger partial charge in [-0.15, -0.1) is 24.0 Å². The largest absolute Gasteiger partial charge is 0.486 e. The van der Waals surface area contributed by atoms with Crippen LogP contribution in [0.25, 0.3) is 0 Å². The van der Waals surface area contributed by atoms with E-state index in [0.717, 1.165) is 24.3 Å². The fourth-order valence-electron chi connectivity index (χ4n) is 2.86. The van der Waals surface area contributed by atoms with Crippen LogP contribution in [-0.2, 0) is 6.18 Å². The number of nitrogens with one attached hydrogen (secondary N) is 3. The quantitative estimate of drug-likeness (QED) is 0.218. The lowest BCUT2D eigenvalue weighted by atomic mass is 10.1. The number of carbonyl (C=O) groups is 1. The normalized spacial score (nSPS) is 15.4. The van der Waals surface area contributed by atoms with Gasteiger partial charge in [0.1, 0.15) is 12.7 Å². The van der Waals surface area contributed by atoms with E-state index in [4.69, 9.17) is 9.47 Å². The van der Waals surface area contributed by atoms with E-state index in [1.54, 1.807) is 7.05 Å². The second kappa shape index (κ2) is 11.8. The maximum absolute atomic E-state index is 12.6. The average molecular weight is 564 g/mol. The zero-order valence-corrected chi connectivity index (χ0v) is 19.6. The van der Waals surface area contributed by atoms with Gasteiger partial charge in [-0.05, 0) is 36.4 Å². The van der Waals surface area contributed by atoms with Gasteiger partial charge in [-0.2, -0.15) is 13.2 Å².